The molecule has 2 aliphatic rings. The predicted molar refractivity (Wildman–Crippen MR) is 59.6 cm³/mol. The third-order valence-corrected chi connectivity index (χ3v) is 3.85. The fraction of sp³-hybridized carbons (Fsp3) is 0.900. The monoisotopic (exact) mass is 260 g/mol. The summed E-state index contributed by atoms with van der Waals surface area (Å²) >= 11 is 3.25. The number of carbonyl (C=O) groups is 1. The lowest BCUT2D eigenvalue weighted by molar-refractivity contribution is -0.133. The second-order valence-electron chi connectivity index (χ2n) is 4.32. The molecule has 2 saturated heterocycles. The van der Waals surface area contributed by atoms with Crippen molar-refractivity contribution in [2.45, 2.75) is 31.8 Å². The Kier molecular flexibility index (Phi) is 3.12. The molecule has 2 rings (SSSR count). The van der Waals surface area contributed by atoms with Gasteiger partial charge in [0.1, 0.15) is 0 Å². The number of piperazine rings is 1. The van der Waals surface area contributed by atoms with Gasteiger partial charge in [0.25, 0.3) is 0 Å². The molecule has 0 aromatic rings. The third-order valence-electron chi connectivity index (χ3n) is 3.37. The molecule has 0 bridgehead atoms. The molecule has 0 aromatic carbocycles. The van der Waals surface area contributed by atoms with E-state index in [-0.39, 0.29) is 5.91 Å². The molecule has 0 spiro atoms. The summed E-state index contributed by atoms with van der Waals surface area (Å²) in [5, 5.41) is 0.462. The molecule has 2 atom stereocenters. The van der Waals surface area contributed by atoms with Crippen molar-refractivity contribution < 1.29 is 4.79 Å². The minimum absolute atomic E-state index is 0.240. The van der Waals surface area contributed by atoms with Crippen LogP contribution in [0.5, 0.6) is 0 Å². The lowest BCUT2D eigenvalue weighted by Gasteiger charge is -2.42. The zero-order valence-corrected chi connectivity index (χ0v) is 10.2. The van der Waals surface area contributed by atoms with Crippen molar-refractivity contribution in [1.29, 1.82) is 0 Å². The molecule has 0 saturated carbocycles. The van der Waals surface area contributed by atoms with E-state index in [2.05, 4.69) is 27.8 Å². The summed E-state index contributed by atoms with van der Waals surface area (Å²) in [6.07, 6.45) is 2.56. The maximum Gasteiger partial charge on any atom is 0.233 e. The quantitative estimate of drug-likeness (QED) is 0.659. The lowest BCUT2D eigenvalue weighted by atomic mass is 10.1. The Morgan fingerprint density at radius 1 is 1.50 bits per heavy atom. The van der Waals surface area contributed by atoms with Crippen LogP contribution in [0.25, 0.3) is 0 Å². The summed E-state index contributed by atoms with van der Waals surface area (Å²) in [6, 6.07) is 1.02. The first kappa shape index (κ1) is 10.4. The van der Waals surface area contributed by atoms with Crippen LogP contribution in [0.1, 0.15) is 19.8 Å². The van der Waals surface area contributed by atoms with Crippen LogP contribution in [0.15, 0.2) is 0 Å². The fourth-order valence-electron chi connectivity index (χ4n) is 2.61. The van der Waals surface area contributed by atoms with E-state index in [0.717, 1.165) is 13.1 Å². The topological polar surface area (TPSA) is 23.6 Å². The van der Waals surface area contributed by atoms with Crippen LogP contribution >= 0.6 is 15.9 Å². The summed E-state index contributed by atoms with van der Waals surface area (Å²) < 4.78 is 0. The summed E-state index contributed by atoms with van der Waals surface area (Å²) in [7, 11) is 0. The van der Waals surface area contributed by atoms with E-state index < -0.39 is 0 Å². The standard InChI is InChI=1S/C10H17BrN2O/c1-8-6-12-4-2-3-9(12)7-13(8)10(14)5-11/h8-9H,2-7H2,1H3. The summed E-state index contributed by atoms with van der Waals surface area (Å²) in [5.74, 6) is 0.240. The minimum atomic E-state index is 0.240. The van der Waals surface area contributed by atoms with Gasteiger partial charge < -0.3 is 4.90 Å². The van der Waals surface area contributed by atoms with Crippen LogP contribution in [0.3, 0.4) is 0 Å². The van der Waals surface area contributed by atoms with E-state index in [4.69, 9.17) is 0 Å². The van der Waals surface area contributed by atoms with Gasteiger partial charge in [-0.1, -0.05) is 15.9 Å². The number of rotatable bonds is 1. The number of halogens is 1. The van der Waals surface area contributed by atoms with Gasteiger partial charge in [-0.15, -0.1) is 0 Å². The highest BCUT2D eigenvalue weighted by Crippen LogP contribution is 2.24. The van der Waals surface area contributed by atoms with Crippen molar-refractivity contribution in [2.75, 3.05) is 25.0 Å². The lowest BCUT2D eigenvalue weighted by Crippen LogP contribution is -2.57. The number of fused-ring (bicyclic) bond motifs is 1. The third kappa shape index (κ3) is 1.82. The van der Waals surface area contributed by atoms with Crippen molar-refractivity contribution in [3.63, 3.8) is 0 Å². The molecule has 0 aromatic heterocycles. The highest BCUT2D eigenvalue weighted by atomic mass is 79.9. The molecule has 0 radical (unpaired) electrons. The minimum Gasteiger partial charge on any atom is -0.336 e. The maximum absolute atomic E-state index is 11.6. The van der Waals surface area contributed by atoms with Gasteiger partial charge >= 0.3 is 0 Å². The van der Waals surface area contributed by atoms with Gasteiger partial charge in [-0.05, 0) is 26.3 Å². The summed E-state index contributed by atoms with van der Waals surface area (Å²) in [5.41, 5.74) is 0. The molecule has 14 heavy (non-hydrogen) atoms. The van der Waals surface area contributed by atoms with Gasteiger partial charge in [-0.3, -0.25) is 9.69 Å². The molecule has 2 aliphatic heterocycles. The van der Waals surface area contributed by atoms with E-state index in [9.17, 15) is 4.79 Å². The molecule has 80 valence electrons. The van der Waals surface area contributed by atoms with Gasteiger partial charge in [0, 0.05) is 25.2 Å². The van der Waals surface area contributed by atoms with Gasteiger partial charge in [0.2, 0.25) is 5.91 Å². The van der Waals surface area contributed by atoms with E-state index in [1.54, 1.807) is 0 Å². The number of hydrogen-bond donors (Lipinski definition) is 0. The number of nitrogens with zero attached hydrogens (tertiary/aromatic N) is 2. The maximum atomic E-state index is 11.6. The molecule has 1 amide bonds. The molecule has 2 heterocycles. The second kappa shape index (κ2) is 4.19. The first-order chi connectivity index (χ1) is 6.72. The zero-order valence-electron chi connectivity index (χ0n) is 8.58. The molecule has 0 aliphatic carbocycles. The van der Waals surface area contributed by atoms with Crippen LogP contribution in [0.4, 0.5) is 0 Å². The van der Waals surface area contributed by atoms with Crippen LogP contribution in [-0.4, -0.2) is 52.8 Å². The average molecular weight is 261 g/mol. The van der Waals surface area contributed by atoms with Crippen molar-refractivity contribution in [3.8, 4) is 0 Å². The average Bonchev–Trinajstić information content (AvgIpc) is 2.62. The van der Waals surface area contributed by atoms with E-state index in [1.165, 1.54) is 19.4 Å². The second-order valence-corrected chi connectivity index (χ2v) is 4.88. The zero-order chi connectivity index (χ0) is 10.1. The Hall–Kier alpha value is -0.0900. The molecule has 0 N–H and O–H groups in total. The van der Waals surface area contributed by atoms with Gasteiger partial charge in [0.15, 0.2) is 0 Å². The molecule has 3 nitrogen and oxygen atoms in total. The number of amides is 1. The number of carbonyl (C=O) groups excluding carboxylic acids is 1. The largest absolute Gasteiger partial charge is 0.336 e. The highest BCUT2D eigenvalue weighted by molar-refractivity contribution is 9.09. The predicted octanol–water partition coefficient (Wildman–Crippen LogP) is 1.08. The SMILES string of the molecule is CC1CN2CCCC2CN1C(=O)CBr. The number of alkyl halides is 1. The highest BCUT2D eigenvalue weighted by Gasteiger charge is 2.35. The molecular formula is C10H17BrN2O. The van der Waals surface area contributed by atoms with Gasteiger partial charge in [0.05, 0.1) is 5.33 Å². The first-order valence-electron chi connectivity index (χ1n) is 5.32. The Morgan fingerprint density at radius 2 is 2.29 bits per heavy atom. The normalized spacial score (nSPS) is 33.1. The van der Waals surface area contributed by atoms with Crippen LogP contribution in [0, 0.1) is 0 Å². The van der Waals surface area contributed by atoms with Gasteiger partial charge in [-0.25, -0.2) is 0 Å². The van der Waals surface area contributed by atoms with E-state index >= 15 is 0 Å². The summed E-state index contributed by atoms with van der Waals surface area (Å²) in [4.78, 5) is 16.2. The van der Waals surface area contributed by atoms with Crippen molar-refractivity contribution in [1.82, 2.24) is 9.80 Å². The molecular weight excluding hydrogens is 244 g/mol. The summed E-state index contributed by atoms with van der Waals surface area (Å²) in [6.45, 7) is 5.37. The van der Waals surface area contributed by atoms with Crippen molar-refractivity contribution >= 4 is 21.8 Å². The molecule has 2 unspecified atom stereocenters. The molecule has 4 heteroatoms. The molecule has 2 fully saturated rings. The fourth-order valence-corrected chi connectivity index (χ4v) is 2.93. The van der Waals surface area contributed by atoms with Crippen molar-refractivity contribution in [2.24, 2.45) is 0 Å². The van der Waals surface area contributed by atoms with E-state index in [0.29, 0.717) is 17.4 Å². The Bertz CT molecular complexity index is 234. The van der Waals surface area contributed by atoms with Crippen LogP contribution < -0.4 is 0 Å². The Morgan fingerprint density at radius 3 is 3.00 bits per heavy atom. The van der Waals surface area contributed by atoms with E-state index in [1.807, 2.05) is 4.90 Å². The van der Waals surface area contributed by atoms with Crippen LogP contribution in [-0.2, 0) is 4.79 Å². The van der Waals surface area contributed by atoms with Gasteiger partial charge in [-0.2, -0.15) is 0 Å². The smallest absolute Gasteiger partial charge is 0.233 e. The van der Waals surface area contributed by atoms with Crippen LogP contribution in [0.2, 0.25) is 0 Å². The number of hydrogen-bond acceptors (Lipinski definition) is 2. The van der Waals surface area contributed by atoms with Crippen molar-refractivity contribution in [3.05, 3.63) is 0 Å². The Balaban J connectivity index is 2.02. The first-order valence-corrected chi connectivity index (χ1v) is 6.44. The Labute approximate surface area is 93.6 Å².